The molecule has 0 aliphatic heterocycles. The molecule has 4 heteroatoms. The van der Waals surface area contributed by atoms with Gasteiger partial charge in [0.1, 0.15) is 5.75 Å². The average molecular weight is 236 g/mol. The Labute approximate surface area is 102 Å². The van der Waals surface area contributed by atoms with Crippen LogP contribution in [0.4, 0.5) is 0 Å². The van der Waals surface area contributed by atoms with E-state index in [2.05, 4.69) is 5.32 Å². The topological polar surface area (TPSA) is 64.3 Å². The highest BCUT2D eigenvalue weighted by atomic mass is 16.5. The Hall–Kier alpha value is -1.55. The Kier molecular flexibility index (Phi) is 5.49. The van der Waals surface area contributed by atoms with Crippen molar-refractivity contribution in [2.45, 2.75) is 25.8 Å². The summed E-state index contributed by atoms with van der Waals surface area (Å²) in [5, 5.41) is 2.56. The first-order valence-corrected chi connectivity index (χ1v) is 5.80. The number of nitrogens with two attached hydrogens (primary N) is 1. The van der Waals surface area contributed by atoms with Crippen LogP contribution in [0.15, 0.2) is 24.3 Å². The third-order valence-electron chi connectivity index (χ3n) is 2.38. The number of hydrogen-bond donors (Lipinski definition) is 2. The zero-order chi connectivity index (χ0) is 12.7. The van der Waals surface area contributed by atoms with Crippen LogP contribution in [0.25, 0.3) is 0 Å². The summed E-state index contributed by atoms with van der Waals surface area (Å²) in [5.41, 5.74) is 6.85. The standard InChI is InChI=1S/C13H20N2O2/c1-10(14)9-11-5-3-4-6-12(11)17-8-7-13(16)15-2/h3-6,10H,7-9,14H2,1-2H3,(H,15,16). The number of nitrogens with one attached hydrogen (secondary N) is 1. The van der Waals surface area contributed by atoms with Crippen molar-refractivity contribution in [1.29, 1.82) is 0 Å². The van der Waals surface area contributed by atoms with Crippen molar-refractivity contribution in [3.05, 3.63) is 29.8 Å². The predicted molar refractivity (Wildman–Crippen MR) is 68.0 cm³/mol. The van der Waals surface area contributed by atoms with Crippen molar-refractivity contribution in [3.63, 3.8) is 0 Å². The van der Waals surface area contributed by atoms with Crippen molar-refractivity contribution in [3.8, 4) is 5.75 Å². The molecule has 0 saturated heterocycles. The van der Waals surface area contributed by atoms with E-state index in [1.807, 2.05) is 31.2 Å². The van der Waals surface area contributed by atoms with E-state index in [4.69, 9.17) is 10.5 Å². The molecule has 1 amide bonds. The molecule has 1 rings (SSSR count). The second kappa shape index (κ2) is 6.91. The van der Waals surface area contributed by atoms with Gasteiger partial charge in [0.15, 0.2) is 0 Å². The number of rotatable bonds is 6. The summed E-state index contributed by atoms with van der Waals surface area (Å²) in [4.78, 5) is 11.1. The summed E-state index contributed by atoms with van der Waals surface area (Å²) in [6.07, 6.45) is 1.14. The molecule has 0 bridgehead atoms. The summed E-state index contributed by atoms with van der Waals surface area (Å²) in [6.45, 7) is 2.34. The molecule has 0 aliphatic carbocycles. The quantitative estimate of drug-likeness (QED) is 0.777. The second-order valence-corrected chi connectivity index (χ2v) is 4.06. The number of carbonyl (C=O) groups excluding carboxylic acids is 1. The van der Waals surface area contributed by atoms with Crippen molar-refractivity contribution in [2.75, 3.05) is 13.7 Å². The summed E-state index contributed by atoms with van der Waals surface area (Å²) in [5.74, 6) is 0.795. The lowest BCUT2D eigenvalue weighted by Crippen LogP contribution is -2.21. The third-order valence-corrected chi connectivity index (χ3v) is 2.38. The van der Waals surface area contributed by atoms with E-state index in [0.717, 1.165) is 17.7 Å². The molecule has 0 fully saturated rings. The van der Waals surface area contributed by atoms with Crippen LogP contribution >= 0.6 is 0 Å². The van der Waals surface area contributed by atoms with E-state index in [0.29, 0.717) is 13.0 Å². The van der Waals surface area contributed by atoms with E-state index < -0.39 is 0 Å². The van der Waals surface area contributed by atoms with Gasteiger partial charge >= 0.3 is 0 Å². The number of amides is 1. The van der Waals surface area contributed by atoms with E-state index in [1.165, 1.54) is 0 Å². The number of carbonyl (C=O) groups is 1. The minimum Gasteiger partial charge on any atom is -0.493 e. The summed E-state index contributed by atoms with van der Waals surface area (Å²) >= 11 is 0. The minimum absolute atomic E-state index is 0.0188. The maximum Gasteiger partial charge on any atom is 0.223 e. The van der Waals surface area contributed by atoms with Crippen molar-refractivity contribution in [1.82, 2.24) is 5.32 Å². The van der Waals surface area contributed by atoms with Gasteiger partial charge in [0.25, 0.3) is 0 Å². The summed E-state index contributed by atoms with van der Waals surface area (Å²) in [7, 11) is 1.62. The van der Waals surface area contributed by atoms with Crippen molar-refractivity contribution >= 4 is 5.91 Å². The molecule has 1 aromatic rings. The number of para-hydroxylation sites is 1. The van der Waals surface area contributed by atoms with Gasteiger partial charge in [-0.05, 0) is 25.0 Å². The number of benzene rings is 1. The normalized spacial score (nSPS) is 11.9. The molecule has 4 nitrogen and oxygen atoms in total. The Bertz CT molecular complexity index is 364. The molecule has 1 atom stereocenters. The van der Waals surface area contributed by atoms with Gasteiger partial charge in [0.2, 0.25) is 5.91 Å². The fourth-order valence-electron chi connectivity index (χ4n) is 1.54. The smallest absolute Gasteiger partial charge is 0.223 e. The van der Waals surface area contributed by atoms with Crippen LogP contribution in [0.2, 0.25) is 0 Å². The molecule has 17 heavy (non-hydrogen) atoms. The first-order chi connectivity index (χ1) is 8.13. The van der Waals surface area contributed by atoms with Gasteiger partial charge in [-0.1, -0.05) is 18.2 Å². The van der Waals surface area contributed by atoms with Gasteiger partial charge in [-0.25, -0.2) is 0 Å². The predicted octanol–water partition coefficient (Wildman–Crippen LogP) is 1.09. The van der Waals surface area contributed by atoms with Gasteiger partial charge in [-0.3, -0.25) is 4.79 Å². The number of ether oxygens (including phenoxy) is 1. The monoisotopic (exact) mass is 236 g/mol. The molecule has 3 N–H and O–H groups in total. The third kappa shape index (κ3) is 4.87. The lowest BCUT2D eigenvalue weighted by atomic mass is 10.1. The molecule has 0 aromatic heterocycles. The lowest BCUT2D eigenvalue weighted by molar-refractivity contribution is -0.121. The van der Waals surface area contributed by atoms with Crippen LogP contribution in [0.5, 0.6) is 5.75 Å². The first-order valence-electron chi connectivity index (χ1n) is 5.80. The fraction of sp³-hybridized carbons (Fsp3) is 0.462. The maximum absolute atomic E-state index is 11.1. The molecule has 0 radical (unpaired) electrons. The fourth-order valence-corrected chi connectivity index (χ4v) is 1.54. The Morgan fingerprint density at radius 2 is 2.18 bits per heavy atom. The molecule has 0 spiro atoms. The largest absolute Gasteiger partial charge is 0.493 e. The van der Waals surface area contributed by atoms with Gasteiger partial charge in [-0.15, -0.1) is 0 Å². The molecule has 1 unspecified atom stereocenters. The van der Waals surface area contributed by atoms with Gasteiger partial charge in [0, 0.05) is 13.1 Å². The van der Waals surface area contributed by atoms with E-state index in [-0.39, 0.29) is 11.9 Å². The highest BCUT2D eigenvalue weighted by molar-refractivity contribution is 5.75. The van der Waals surface area contributed by atoms with E-state index in [1.54, 1.807) is 7.05 Å². The van der Waals surface area contributed by atoms with Crippen molar-refractivity contribution in [2.24, 2.45) is 5.73 Å². The average Bonchev–Trinajstić information content (AvgIpc) is 2.30. The van der Waals surface area contributed by atoms with Gasteiger partial charge < -0.3 is 15.8 Å². The molecule has 0 aliphatic rings. The Morgan fingerprint density at radius 3 is 2.82 bits per heavy atom. The lowest BCUT2D eigenvalue weighted by Gasteiger charge is -2.12. The SMILES string of the molecule is CNC(=O)CCOc1ccccc1CC(C)N. The zero-order valence-corrected chi connectivity index (χ0v) is 10.4. The molecule has 0 saturated carbocycles. The molecular weight excluding hydrogens is 216 g/mol. The molecular formula is C13H20N2O2. The summed E-state index contributed by atoms with van der Waals surface area (Å²) in [6, 6.07) is 7.88. The first kappa shape index (κ1) is 13.5. The Morgan fingerprint density at radius 1 is 1.47 bits per heavy atom. The highest BCUT2D eigenvalue weighted by Gasteiger charge is 2.06. The molecule has 0 heterocycles. The van der Waals surface area contributed by atoms with Crippen LogP contribution < -0.4 is 15.8 Å². The van der Waals surface area contributed by atoms with Gasteiger partial charge in [-0.2, -0.15) is 0 Å². The van der Waals surface area contributed by atoms with Crippen LogP contribution in [-0.2, 0) is 11.2 Å². The Balaban J connectivity index is 2.54. The van der Waals surface area contributed by atoms with Crippen LogP contribution in [0.1, 0.15) is 18.9 Å². The van der Waals surface area contributed by atoms with Crippen LogP contribution in [0.3, 0.4) is 0 Å². The van der Waals surface area contributed by atoms with E-state index in [9.17, 15) is 4.79 Å². The van der Waals surface area contributed by atoms with Crippen molar-refractivity contribution < 1.29 is 9.53 Å². The molecule has 1 aromatic carbocycles. The van der Waals surface area contributed by atoms with Crippen LogP contribution in [-0.4, -0.2) is 25.6 Å². The maximum atomic E-state index is 11.1. The zero-order valence-electron chi connectivity index (χ0n) is 10.4. The molecule has 94 valence electrons. The van der Waals surface area contributed by atoms with Gasteiger partial charge in [0.05, 0.1) is 13.0 Å². The summed E-state index contributed by atoms with van der Waals surface area (Å²) < 4.78 is 5.59. The number of hydrogen-bond acceptors (Lipinski definition) is 3. The minimum atomic E-state index is -0.0188. The van der Waals surface area contributed by atoms with Crippen LogP contribution in [0, 0.1) is 0 Å². The van der Waals surface area contributed by atoms with E-state index >= 15 is 0 Å². The second-order valence-electron chi connectivity index (χ2n) is 4.06. The highest BCUT2D eigenvalue weighted by Crippen LogP contribution is 2.19.